The van der Waals surface area contributed by atoms with Crippen LogP contribution in [0.3, 0.4) is 0 Å². The molecule has 0 bridgehead atoms. The summed E-state index contributed by atoms with van der Waals surface area (Å²) in [5, 5.41) is 0. The Morgan fingerprint density at radius 3 is 2.53 bits per heavy atom. The van der Waals surface area contributed by atoms with Crippen LogP contribution in [-0.4, -0.2) is 19.6 Å². The molecular formula is C14H17F2NO2. The number of hydrogen-bond donors (Lipinski definition) is 1. The number of halogens is 2. The molecule has 0 aromatic heterocycles. The van der Waals surface area contributed by atoms with Crippen LogP contribution in [0.5, 0.6) is 0 Å². The zero-order chi connectivity index (χ0) is 14.0. The monoisotopic (exact) mass is 269 g/mol. The summed E-state index contributed by atoms with van der Waals surface area (Å²) in [5.41, 5.74) is 5.69. The molecule has 0 unspecified atom stereocenters. The number of nitrogens with two attached hydrogens (primary N) is 1. The van der Waals surface area contributed by atoms with Crippen LogP contribution in [0.1, 0.15) is 41.6 Å². The SMILES string of the molecule is COC(=O)c1cc(C2(CN)CCCC2)cc(F)c1F. The first-order valence-corrected chi connectivity index (χ1v) is 6.32. The molecule has 0 spiro atoms. The molecule has 5 heteroatoms. The van der Waals surface area contributed by atoms with Crippen LogP contribution in [0.4, 0.5) is 8.78 Å². The molecule has 2 rings (SSSR count). The second kappa shape index (κ2) is 5.25. The topological polar surface area (TPSA) is 52.3 Å². The normalized spacial score (nSPS) is 17.5. The summed E-state index contributed by atoms with van der Waals surface area (Å²) < 4.78 is 31.8. The molecule has 0 aliphatic heterocycles. The smallest absolute Gasteiger partial charge is 0.340 e. The molecule has 1 fully saturated rings. The number of ether oxygens (including phenoxy) is 1. The first kappa shape index (κ1) is 13.9. The maximum Gasteiger partial charge on any atom is 0.340 e. The van der Waals surface area contributed by atoms with Crippen molar-refractivity contribution in [1.29, 1.82) is 0 Å². The van der Waals surface area contributed by atoms with E-state index in [9.17, 15) is 13.6 Å². The van der Waals surface area contributed by atoms with E-state index >= 15 is 0 Å². The third-order valence-corrected chi connectivity index (χ3v) is 4.00. The van der Waals surface area contributed by atoms with Gasteiger partial charge in [0.1, 0.15) is 0 Å². The van der Waals surface area contributed by atoms with Crippen molar-refractivity contribution in [2.45, 2.75) is 31.1 Å². The van der Waals surface area contributed by atoms with Crippen molar-refractivity contribution >= 4 is 5.97 Å². The van der Waals surface area contributed by atoms with Gasteiger partial charge < -0.3 is 10.5 Å². The van der Waals surface area contributed by atoms with Crippen molar-refractivity contribution in [2.24, 2.45) is 5.73 Å². The van der Waals surface area contributed by atoms with Crippen LogP contribution in [-0.2, 0) is 10.2 Å². The molecule has 1 aromatic carbocycles. The van der Waals surface area contributed by atoms with Crippen LogP contribution >= 0.6 is 0 Å². The van der Waals surface area contributed by atoms with E-state index in [0.29, 0.717) is 12.1 Å². The van der Waals surface area contributed by atoms with Crippen LogP contribution in [0.15, 0.2) is 12.1 Å². The van der Waals surface area contributed by atoms with Gasteiger partial charge in [0.25, 0.3) is 0 Å². The highest BCUT2D eigenvalue weighted by molar-refractivity contribution is 5.90. The van der Waals surface area contributed by atoms with Gasteiger partial charge in [-0.05, 0) is 30.5 Å². The van der Waals surface area contributed by atoms with E-state index in [4.69, 9.17) is 5.73 Å². The summed E-state index contributed by atoms with van der Waals surface area (Å²) in [7, 11) is 1.14. The van der Waals surface area contributed by atoms with Gasteiger partial charge in [-0.3, -0.25) is 0 Å². The predicted molar refractivity (Wildman–Crippen MR) is 66.9 cm³/mol. The van der Waals surface area contributed by atoms with Crippen molar-refractivity contribution in [1.82, 2.24) is 0 Å². The van der Waals surface area contributed by atoms with Crippen molar-refractivity contribution in [3.8, 4) is 0 Å². The van der Waals surface area contributed by atoms with Crippen LogP contribution in [0.2, 0.25) is 0 Å². The van der Waals surface area contributed by atoms with Crippen LogP contribution in [0, 0.1) is 11.6 Å². The Kier molecular flexibility index (Phi) is 3.85. The van der Waals surface area contributed by atoms with E-state index in [-0.39, 0.29) is 11.0 Å². The minimum atomic E-state index is -1.17. The molecule has 0 heterocycles. The van der Waals surface area contributed by atoms with Crippen molar-refractivity contribution in [3.63, 3.8) is 0 Å². The third-order valence-electron chi connectivity index (χ3n) is 4.00. The molecule has 0 saturated heterocycles. The quantitative estimate of drug-likeness (QED) is 0.858. The van der Waals surface area contributed by atoms with E-state index in [2.05, 4.69) is 4.74 Å². The molecular weight excluding hydrogens is 252 g/mol. The highest BCUT2D eigenvalue weighted by Gasteiger charge is 2.36. The molecule has 0 amide bonds. The molecule has 0 atom stereocenters. The Bertz CT molecular complexity index is 496. The standard InChI is InChI=1S/C14H17F2NO2/c1-19-13(18)10-6-9(7-11(15)12(10)16)14(8-17)4-2-3-5-14/h6-7H,2-5,8,17H2,1H3. The van der Waals surface area contributed by atoms with Gasteiger partial charge in [0.15, 0.2) is 11.6 Å². The Labute approximate surface area is 110 Å². The summed E-state index contributed by atoms with van der Waals surface area (Å²) >= 11 is 0. The maximum atomic E-state index is 13.7. The van der Waals surface area contributed by atoms with Gasteiger partial charge in [-0.15, -0.1) is 0 Å². The number of rotatable bonds is 3. The van der Waals surface area contributed by atoms with E-state index in [1.54, 1.807) is 0 Å². The van der Waals surface area contributed by atoms with Crippen LogP contribution in [0.25, 0.3) is 0 Å². The number of carbonyl (C=O) groups excluding carboxylic acids is 1. The largest absolute Gasteiger partial charge is 0.465 e. The summed E-state index contributed by atoms with van der Waals surface area (Å²) in [5.74, 6) is -3.07. The zero-order valence-electron chi connectivity index (χ0n) is 10.8. The highest BCUT2D eigenvalue weighted by Crippen LogP contribution is 2.41. The first-order chi connectivity index (χ1) is 9.04. The van der Waals surface area contributed by atoms with Gasteiger partial charge in [0, 0.05) is 12.0 Å². The van der Waals surface area contributed by atoms with Gasteiger partial charge in [-0.25, -0.2) is 13.6 Å². The van der Waals surface area contributed by atoms with E-state index in [1.165, 1.54) is 6.07 Å². The average Bonchev–Trinajstić information content (AvgIpc) is 2.90. The molecule has 3 nitrogen and oxygen atoms in total. The summed E-state index contributed by atoms with van der Waals surface area (Å²) in [4.78, 5) is 11.5. The fourth-order valence-corrected chi connectivity index (χ4v) is 2.82. The number of benzene rings is 1. The second-order valence-electron chi connectivity index (χ2n) is 5.00. The Balaban J connectivity index is 2.53. The average molecular weight is 269 g/mol. The molecule has 104 valence electrons. The van der Waals surface area contributed by atoms with Gasteiger partial charge in [0.2, 0.25) is 0 Å². The van der Waals surface area contributed by atoms with Gasteiger partial charge in [0.05, 0.1) is 12.7 Å². The lowest BCUT2D eigenvalue weighted by Gasteiger charge is -2.28. The van der Waals surface area contributed by atoms with Gasteiger partial charge in [-0.2, -0.15) is 0 Å². The van der Waals surface area contributed by atoms with E-state index in [1.807, 2.05) is 0 Å². The highest BCUT2D eigenvalue weighted by atomic mass is 19.2. The number of hydrogen-bond acceptors (Lipinski definition) is 3. The second-order valence-corrected chi connectivity index (χ2v) is 5.00. The lowest BCUT2D eigenvalue weighted by Crippen LogP contribution is -2.32. The number of esters is 1. The first-order valence-electron chi connectivity index (χ1n) is 6.32. The van der Waals surface area contributed by atoms with Gasteiger partial charge >= 0.3 is 5.97 Å². The number of methoxy groups -OCH3 is 1. The zero-order valence-corrected chi connectivity index (χ0v) is 10.8. The fraction of sp³-hybridized carbons (Fsp3) is 0.500. The molecule has 1 aliphatic carbocycles. The Morgan fingerprint density at radius 1 is 1.37 bits per heavy atom. The summed E-state index contributed by atoms with van der Waals surface area (Å²) in [6, 6.07) is 2.53. The minimum absolute atomic E-state index is 0.350. The van der Waals surface area contributed by atoms with E-state index in [0.717, 1.165) is 38.9 Å². The summed E-state index contributed by atoms with van der Waals surface area (Å²) in [6.45, 7) is 0.360. The van der Waals surface area contributed by atoms with Crippen molar-refractivity contribution < 1.29 is 18.3 Å². The van der Waals surface area contributed by atoms with Gasteiger partial charge in [-0.1, -0.05) is 12.8 Å². The molecule has 0 radical (unpaired) electrons. The fourth-order valence-electron chi connectivity index (χ4n) is 2.82. The Hall–Kier alpha value is -1.49. The lowest BCUT2D eigenvalue weighted by atomic mass is 9.78. The van der Waals surface area contributed by atoms with E-state index < -0.39 is 17.6 Å². The van der Waals surface area contributed by atoms with Crippen LogP contribution < -0.4 is 5.73 Å². The Morgan fingerprint density at radius 2 is 2.00 bits per heavy atom. The number of carbonyl (C=O) groups is 1. The predicted octanol–water partition coefficient (Wildman–Crippen LogP) is 2.52. The summed E-state index contributed by atoms with van der Waals surface area (Å²) in [6.07, 6.45) is 3.66. The molecule has 2 N–H and O–H groups in total. The third kappa shape index (κ3) is 2.34. The minimum Gasteiger partial charge on any atom is -0.465 e. The molecule has 19 heavy (non-hydrogen) atoms. The molecule has 1 saturated carbocycles. The lowest BCUT2D eigenvalue weighted by molar-refractivity contribution is 0.0594. The molecule has 1 aliphatic rings. The maximum absolute atomic E-state index is 13.7. The van der Waals surface area contributed by atoms with Crippen molar-refractivity contribution in [3.05, 3.63) is 34.9 Å². The van der Waals surface area contributed by atoms with Crippen molar-refractivity contribution in [2.75, 3.05) is 13.7 Å². The molecule has 1 aromatic rings.